The number of aliphatic hydroxyl groups excluding tert-OH is 2. The minimum Gasteiger partial charge on any atom is -0.393 e. The SMILES string of the molecule is OC[C@]12CCO[C@H]1[C@@H](O)[C@H](n1cnc3c(Cl)ncnc31)O2. The lowest BCUT2D eigenvalue weighted by Crippen LogP contribution is -2.42. The molecule has 4 heterocycles. The van der Waals surface area contributed by atoms with Gasteiger partial charge >= 0.3 is 0 Å². The molecule has 9 heteroatoms. The summed E-state index contributed by atoms with van der Waals surface area (Å²) >= 11 is 5.97. The van der Waals surface area contributed by atoms with Crippen molar-refractivity contribution in [3.8, 4) is 0 Å². The second-order valence-corrected chi connectivity index (χ2v) is 5.61. The molecule has 2 aliphatic rings. The number of hydrogen-bond acceptors (Lipinski definition) is 7. The maximum Gasteiger partial charge on any atom is 0.167 e. The van der Waals surface area contributed by atoms with Crippen LogP contribution in [0.25, 0.3) is 11.2 Å². The number of imidazole rings is 1. The summed E-state index contributed by atoms with van der Waals surface area (Å²) in [6.07, 6.45) is 1.12. The Labute approximate surface area is 124 Å². The van der Waals surface area contributed by atoms with E-state index in [2.05, 4.69) is 15.0 Å². The van der Waals surface area contributed by atoms with Crippen molar-refractivity contribution in [1.82, 2.24) is 19.5 Å². The summed E-state index contributed by atoms with van der Waals surface area (Å²) in [6.45, 7) is 0.237. The molecule has 0 unspecified atom stereocenters. The number of ether oxygens (including phenoxy) is 2. The van der Waals surface area contributed by atoms with E-state index in [1.165, 1.54) is 12.7 Å². The number of rotatable bonds is 2. The van der Waals surface area contributed by atoms with Crippen LogP contribution >= 0.6 is 11.6 Å². The fourth-order valence-corrected chi connectivity index (χ4v) is 3.26. The summed E-state index contributed by atoms with van der Waals surface area (Å²) in [5, 5.41) is 20.3. The average Bonchev–Trinajstić information content (AvgIpc) is 3.14. The standard InChI is InChI=1S/C12H13ClN4O4/c13-9-6-10(15-4-14-9)17(5-16-6)11-7(19)8-12(3-18,21-11)1-2-20-8/h4-5,7-8,11,18-19H,1-3H2/t7-,8+,11-,12-/m1/s1. The Morgan fingerprint density at radius 3 is 3.05 bits per heavy atom. The first-order valence-corrected chi connectivity index (χ1v) is 6.95. The molecule has 2 fully saturated rings. The van der Waals surface area contributed by atoms with Crippen LogP contribution in [0.5, 0.6) is 0 Å². The molecule has 2 saturated heterocycles. The largest absolute Gasteiger partial charge is 0.393 e. The summed E-state index contributed by atoms with van der Waals surface area (Å²) in [5.41, 5.74) is 0.0235. The molecule has 4 rings (SSSR count). The average molecular weight is 313 g/mol. The Bertz CT molecular complexity index is 695. The fourth-order valence-electron chi connectivity index (χ4n) is 3.09. The van der Waals surface area contributed by atoms with Crippen molar-refractivity contribution < 1.29 is 19.7 Å². The normalized spacial score (nSPS) is 35.5. The molecule has 0 radical (unpaired) electrons. The maximum atomic E-state index is 10.5. The van der Waals surface area contributed by atoms with E-state index in [4.69, 9.17) is 21.1 Å². The summed E-state index contributed by atoms with van der Waals surface area (Å²) in [7, 11) is 0. The highest BCUT2D eigenvalue weighted by atomic mass is 35.5. The second-order valence-electron chi connectivity index (χ2n) is 5.25. The lowest BCUT2D eigenvalue weighted by Gasteiger charge is -2.24. The summed E-state index contributed by atoms with van der Waals surface area (Å²) in [6, 6.07) is 0. The van der Waals surface area contributed by atoms with Crippen molar-refractivity contribution in [2.45, 2.75) is 30.5 Å². The zero-order chi connectivity index (χ0) is 14.6. The van der Waals surface area contributed by atoms with E-state index in [0.717, 1.165) is 0 Å². The van der Waals surface area contributed by atoms with Crippen LogP contribution < -0.4 is 0 Å². The van der Waals surface area contributed by atoms with Gasteiger partial charge in [0.15, 0.2) is 17.0 Å². The molecule has 0 aliphatic carbocycles. The molecule has 21 heavy (non-hydrogen) atoms. The number of fused-ring (bicyclic) bond motifs is 2. The fraction of sp³-hybridized carbons (Fsp3) is 0.583. The first kappa shape index (κ1) is 13.4. The quantitative estimate of drug-likeness (QED) is 0.746. The second kappa shape index (κ2) is 4.59. The van der Waals surface area contributed by atoms with E-state index in [0.29, 0.717) is 24.2 Å². The molecule has 4 atom stereocenters. The minimum atomic E-state index is -0.925. The van der Waals surface area contributed by atoms with Crippen LogP contribution in [0.3, 0.4) is 0 Å². The molecule has 8 nitrogen and oxygen atoms in total. The van der Waals surface area contributed by atoms with Gasteiger partial charge in [-0.3, -0.25) is 4.57 Å². The molecule has 2 aromatic heterocycles. The predicted molar refractivity (Wildman–Crippen MR) is 70.6 cm³/mol. The highest BCUT2D eigenvalue weighted by molar-refractivity contribution is 6.33. The van der Waals surface area contributed by atoms with E-state index in [-0.39, 0.29) is 11.8 Å². The van der Waals surface area contributed by atoms with Crippen molar-refractivity contribution in [2.75, 3.05) is 13.2 Å². The van der Waals surface area contributed by atoms with E-state index in [1.54, 1.807) is 4.57 Å². The molecule has 0 amide bonds. The van der Waals surface area contributed by atoms with Gasteiger partial charge in [0.25, 0.3) is 0 Å². The van der Waals surface area contributed by atoms with Gasteiger partial charge in [-0.25, -0.2) is 15.0 Å². The Hall–Kier alpha value is -1.32. The lowest BCUT2D eigenvalue weighted by atomic mass is 9.95. The zero-order valence-electron chi connectivity index (χ0n) is 10.9. The monoisotopic (exact) mass is 312 g/mol. The van der Waals surface area contributed by atoms with E-state index < -0.39 is 24.0 Å². The van der Waals surface area contributed by atoms with Crippen LogP contribution in [-0.2, 0) is 9.47 Å². The molecule has 2 aromatic rings. The Morgan fingerprint density at radius 1 is 1.43 bits per heavy atom. The van der Waals surface area contributed by atoms with E-state index in [9.17, 15) is 10.2 Å². The summed E-state index contributed by atoms with van der Waals surface area (Å²) < 4.78 is 13.0. The van der Waals surface area contributed by atoms with Crippen LogP contribution in [0.15, 0.2) is 12.7 Å². The topological polar surface area (TPSA) is 103 Å². The van der Waals surface area contributed by atoms with Gasteiger partial charge in [-0.05, 0) is 0 Å². The van der Waals surface area contributed by atoms with Crippen molar-refractivity contribution in [1.29, 1.82) is 0 Å². The zero-order valence-corrected chi connectivity index (χ0v) is 11.6. The van der Waals surface area contributed by atoms with Crippen molar-refractivity contribution >= 4 is 22.8 Å². The Balaban J connectivity index is 1.78. The first-order valence-electron chi connectivity index (χ1n) is 6.58. The third-order valence-electron chi connectivity index (χ3n) is 4.15. The third kappa shape index (κ3) is 1.74. The van der Waals surface area contributed by atoms with Crippen molar-refractivity contribution in [2.24, 2.45) is 0 Å². The van der Waals surface area contributed by atoms with Crippen LogP contribution in [0.4, 0.5) is 0 Å². The van der Waals surface area contributed by atoms with Crippen molar-refractivity contribution in [3.63, 3.8) is 0 Å². The van der Waals surface area contributed by atoms with Crippen LogP contribution in [0.2, 0.25) is 5.15 Å². The predicted octanol–water partition coefficient (Wildman–Crippen LogP) is -0.111. The lowest BCUT2D eigenvalue weighted by molar-refractivity contribution is -0.108. The Kier molecular flexibility index (Phi) is 2.92. The van der Waals surface area contributed by atoms with E-state index in [1.807, 2.05) is 0 Å². The molecule has 2 N–H and O–H groups in total. The van der Waals surface area contributed by atoms with Gasteiger partial charge in [0.1, 0.15) is 29.7 Å². The number of halogens is 1. The number of hydrogen-bond donors (Lipinski definition) is 2. The van der Waals surface area contributed by atoms with Crippen LogP contribution in [-0.4, -0.2) is 60.8 Å². The van der Waals surface area contributed by atoms with Gasteiger partial charge in [0.2, 0.25) is 0 Å². The first-order chi connectivity index (χ1) is 10.2. The highest BCUT2D eigenvalue weighted by Crippen LogP contribution is 2.45. The Morgan fingerprint density at radius 2 is 2.29 bits per heavy atom. The molecular weight excluding hydrogens is 300 g/mol. The summed E-state index contributed by atoms with van der Waals surface area (Å²) in [4.78, 5) is 12.1. The highest BCUT2D eigenvalue weighted by Gasteiger charge is 2.59. The molecule has 0 spiro atoms. The van der Waals surface area contributed by atoms with Crippen LogP contribution in [0, 0.1) is 0 Å². The number of aromatic nitrogens is 4. The van der Waals surface area contributed by atoms with Gasteiger partial charge in [-0.15, -0.1) is 0 Å². The smallest absolute Gasteiger partial charge is 0.167 e. The molecule has 2 aliphatic heterocycles. The molecule has 0 bridgehead atoms. The molecule has 0 aromatic carbocycles. The summed E-state index contributed by atoms with van der Waals surface area (Å²) in [5.74, 6) is 0. The third-order valence-corrected chi connectivity index (χ3v) is 4.43. The maximum absolute atomic E-state index is 10.5. The van der Waals surface area contributed by atoms with E-state index >= 15 is 0 Å². The molecule has 112 valence electrons. The molecule has 0 saturated carbocycles. The van der Waals surface area contributed by atoms with Crippen LogP contribution in [0.1, 0.15) is 12.6 Å². The van der Waals surface area contributed by atoms with Gasteiger partial charge in [-0.1, -0.05) is 11.6 Å². The van der Waals surface area contributed by atoms with Crippen molar-refractivity contribution in [3.05, 3.63) is 17.8 Å². The minimum absolute atomic E-state index is 0.215. The number of aliphatic hydroxyl groups is 2. The van der Waals surface area contributed by atoms with Gasteiger partial charge in [0.05, 0.1) is 19.5 Å². The molecular formula is C12H13ClN4O4. The van der Waals surface area contributed by atoms with Gasteiger partial charge in [0, 0.05) is 6.42 Å². The van der Waals surface area contributed by atoms with Gasteiger partial charge < -0.3 is 19.7 Å². The van der Waals surface area contributed by atoms with Gasteiger partial charge in [-0.2, -0.15) is 0 Å². The number of nitrogens with zero attached hydrogens (tertiary/aromatic N) is 4.